The van der Waals surface area contributed by atoms with Crippen molar-refractivity contribution in [2.45, 2.75) is 120 Å². The predicted molar refractivity (Wildman–Crippen MR) is 167 cm³/mol. The van der Waals surface area contributed by atoms with Crippen molar-refractivity contribution in [1.82, 2.24) is 0 Å². The quantitative estimate of drug-likeness (QED) is 0.175. The van der Waals surface area contributed by atoms with Gasteiger partial charge in [-0.25, -0.2) is 9.69 Å². The van der Waals surface area contributed by atoms with Crippen LogP contribution in [-0.4, -0.2) is 31.4 Å². The second-order valence-corrected chi connectivity index (χ2v) is 11.9. The Labute approximate surface area is 241 Å². The van der Waals surface area contributed by atoms with Crippen LogP contribution in [0.25, 0.3) is 0 Å². The molecular formula is C33H50N2O3S. The Bertz CT molecular complexity index is 1010. The summed E-state index contributed by atoms with van der Waals surface area (Å²) >= 11 is 1.62. The van der Waals surface area contributed by atoms with Gasteiger partial charge >= 0.3 is 6.09 Å². The highest BCUT2D eigenvalue weighted by atomic mass is 32.2. The minimum absolute atomic E-state index is 0.684. The Balaban J connectivity index is 1.51. The maximum absolute atomic E-state index is 12.2. The highest BCUT2D eigenvalue weighted by Gasteiger charge is 2.29. The molecule has 216 valence electrons. The maximum atomic E-state index is 12.2. The first kappa shape index (κ1) is 31.2. The summed E-state index contributed by atoms with van der Waals surface area (Å²) in [5, 5.41) is 10.0. The van der Waals surface area contributed by atoms with Crippen LogP contribution in [0.3, 0.4) is 0 Å². The van der Waals surface area contributed by atoms with Gasteiger partial charge in [-0.3, -0.25) is 0 Å². The van der Waals surface area contributed by atoms with Crippen LogP contribution < -0.4 is 14.5 Å². The molecule has 0 aliphatic carbocycles. The molecule has 2 aromatic carbocycles. The van der Waals surface area contributed by atoms with Crippen molar-refractivity contribution in [2.24, 2.45) is 0 Å². The molecule has 0 radical (unpaired) electrons. The Hall–Kier alpha value is -2.34. The maximum Gasteiger partial charge on any atom is 0.416 e. The number of fused-ring (bicyclic) bond motifs is 2. The second-order valence-electron chi connectivity index (χ2n) is 10.8. The summed E-state index contributed by atoms with van der Waals surface area (Å²) in [5.41, 5.74) is 2.60. The Kier molecular flexibility index (Phi) is 13.9. The van der Waals surface area contributed by atoms with E-state index in [1.165, 1.54) is 94.1 Å². The van der Waals surface area contributed by atoms with E-state index in [1.54, 1.807) is 18.9 Å². The molecule has 0 saturated carbocycles. The van der Waals surface area contributed by atoms with Gasteiger partial charge in [-0.15, -0.1) is 0 Å². The number of hydrogen-bond acceptors (Lipinski definition) is 4. The lowest BCUT2D eigenvalue weighted by atomic mass is 10.0. The zero-order valence-electron chi connectivity index (χ0n) is 24.6. The SMILES string of the molecule is CCCCCCCCCCCCCCCN(CCCC)c1ccc2c(c1)Sc1cc(OC)ccc1N2C(=O)O. The second kappa shape index (κ2) is 17.4. The van der Waals surface area contributed by atoms with Gasteiger partial charge < -0.3 is 14.7 Å². The fourth-order valence-electron chi connectivity index (χ4n) is 5.35. The summed E-state index contributed by atoms with van der Waals surface area (Å²) in [5.74, 6) is 0.734. The molecule has 1 aliphatic rings. The van der Waals surface area contributed by atoms with Gasteiger partial charge in [0.05, 0.1) is 18.5 Å². The zero-order valence-corrected chi connectivity index (χ0v) is 25.4. The Morgan fingerprint density at radius 1 is 0.744 bits per heavy atom. The molecule has 1 heterocycles. The van der Waals surface area contributed by atoms with Gasteiger partial charge in [-0.1, -0.05) is 109 Å². The molecule has 0 atom stereocenters. The lowest BCUT2D eigenvalue weighted by Gasteiger charge is -2.31. The van der Waals surface area contributed by atoms with Crippen LogP contribution >= 0.6 is 11.8 Å². The molecule has 0 unspecified atom stereocenters. The standard InChI is InChI=1S/C33H50N2O3S/c1-4-6-8-9-10-11-12-13-14-15-16-17-18-24-34(23-7-5-2)27-19-21-29-31(25-27)39-32-26-28(38-3)20-22-30(32)35(29)33(36)37/h19-22,25-26H,4-18,23-24H2,1-3H3,(H,36,37). The molecule has 39 heavy (non-hydrogen) atoms. The van der Waals surface area contributed by atoms with Gasteiger partial charge in [0.25, 0.3) is 0 Å². The Morgan fingerprint density at radius 2 is 1.26 bits per heavy atom. The molecule has 6 heteroatoms. The van der Waals surface area contributed by atoms with Gasteiger partial charge in [0.2, 0.25) is 0 Å². The number of nitrogens with zero attached hydrogens (tertiary/aromatic N) is 2. The van der Waals surface area contributed by atoms with Crippen LogP contribution in [0, 0.1) is 0 Å². The minimum Gasteiger partial charge on any atom is -0.497 e. The first-order valence-corrected chi connectivity index (χ1v) is 16.2. The molecule has 1 N–H and O–H groups in total. The number of hydrogen-bond donors (Lipinski definition) is 1. The van der Waals surface area contributed by atoms with E-state index in [9.17, 15) is 9.90 Å². The Morgan fingerprint density at radius 3 is 1.82 bits per heavy atom. The number of carbonyl (C=O) groups is 1. The van der Waals surface area contributed by atoms with Crippen LogP contribution in [0.4, 0.5) is 21.9 Å². The average Bonchev–Trinajstić information content (AvgIpc) is 2.94. The summed E-state index contributed by atoms with van der Waals surface area (Å²) < 4.78 is 5.40. The third-order valence-electron chi connectivity index (χ3n) is 7.68. The smallest absolute Gasteiger partial charge is 0.416 e. The summed E-state index contributed by atoms with van der Waals surface area (Å²) in [7, 11) is 1.64. The monoisotopic (exact) mass is 554 g/mol. The van der Waals surface area contributed by atoms with Crippen molar-refractivity contribution in [1.29, 1.82) is 0 Å². The molecule has 5 nitrogen and oxygen atoms in total. The van der Waals surface area contributed by atoms with E-state index in [0.717, 1.165) is 47.2 Å². The summed E-state index contributed by atoms with van der Waals surface area (Å²) in [6.45, 7) is 6.60. The van der Waals surface area contributed by atoms with Gasteiger partial charge in [0.1, 0.15) is 5.75 Å². The average molecular weight is 555 g/mol. The fraction of sp³-hybridized carbons (Fsp3) is 0.606. The molecule has 3 rings (SSSR count). The van der Waals surface area contributed by atoms with Crippen LogP contribution in [0.15, 0.2) is 46.2 Å². The first-order valence-electron chi connectivity index (χ1n) is 15.4. The number of unbranched alkanes of at least 4 members (excludes halogenated alkanes) is 13. The third kappa shape index (κ3) is 9.66. The summed E-state index contributed by atoms with van der Waals surface area (Å²) in [6, 6.07) is 11.8. The lowest BCUT2D eigenvalue weighted by molar-refractivity contribution is 0.204. The van der Waals surface area contributed by atoms with Gasteiger partial charge in [0, 0.05) is 28.6 Å². The van der Waals surface area contributed by atoms with Crippen molar-refractivity contribution in [3.63, 3.8) is 0 Å². The number of anilines is 3. The predicted octanol–water partition coefficient (Wildman–Crippen LogP) is 10.7. The highest BCUT2D eigenvalue weighted by molar-refractivity contribution is 7.99. The zero-order chi connectivity index (χ0) is 27.9. The van der Waals surface area contributed by atoms with E-state index in [4.69, 9.17) is 4.74 Å². The van der Waals surface area contributed by atoms with Crippen molar-refractivity contribution in [3.05, 3.63) is 36.4 Å². The van der Waals surface area contributed by atoms with Crippen LogP contribution in [0.2, 0.25) is 0 Å². The molecule has 0 spiro atoms. The molecule has 1 amide bonds. The van der Waals surface area contributed by atoms with E-state index in [-0.39, 0.29) is 0 Å². The molecule has 0 bridgehead atoms. The van der Waals surface area contributed by atoms with Crippen LogP contribution in [-0.2, 0) is 0 Å². The van der Waals surface area contributed by atoms with Crippen molar-refractivity contribution in [3.8, 4) is 5.75 Å². The molecule has 1 aliphatic heterocycles. The van der Waals surface area contributed by atoms with E-state index >= 15 is 0 Å². The van der Waals surface area contributed by atoms with E-state index in [0.29, 0.717) is 5.69 Å². The molecular weight excluding hydrogens is 504 g/mol. The molecule has 0 saturated heterocycles. The summed E-state index contributed by atoms with van der Waals surface area (Å²) in [6.07, 6.45) is 19.1. The van der Waals surface area contributed by atoms with E-state index < -0.39 is 6.09 Å². The highest BCUT2D eigenvalue weighted by Crippen LogP contribution is 2.50. The third-order valence-corrected chi connectivity index (χ3v) is 8.78. The van der Waals surface area contributed by atoms with E-state index in [1.807, 2.05) is 24.3 Å². The number of amides is 1. The van der Waals surface area contributed by atoms with Crippen LogP contribution in [0.5, 0.6) is 5.75 Å². The fourth-order valence-corrected chi connectivity index (χ4v) is 6.47. The van der Waals surface area contributed by atoms with E-state index in [2.05, 4.69) is 30.9 Å². The lowest BCUT2D eigenvalue weighted by Crippen LogP contribution is -2.28. The van der Waals surface area contributed by atoms with Crippen molar-refractivity contribution >= 4 is 34.9 Å². The first-order chi connectivity index (χ1) is 19.1. The number of carboxylic acid groups (broad SMARTS) is 1. The number of benzene rings is 2. The number of rotatable bonds is 19. The van der Waals surface area contributed by atoms with Gasteiger partial charge in [0.15, 0.2) is 0 Å². The van der Waals surface area contributed by atoms with Crippen molar-refractivity contribution in [2.75, 3.05) is 30.0 Å². The minimum atomic E-state index is -0.967. The van der Waals surface area contributed by atoms with Gasteiger partial charge in [-0.05, 0) is 49.2 Å². The number of ether oxygens (including phenoxy) is 1. The summed E-state index contributed by atoms with van der Waals surface area (Å²) in [4.78, 5) is 18.0. The molecule has 0 aromatic heterocycles. The largest absolute Gasteiger partial charge is 0.497 e. The van der Waals surface area contributed by atoms with Crippen molar-refractivity contribution < 1.29 is 14.6 Å². The topological polar surface area (TPSA) is 53.0 Å². The van der Waals surface area contributed by atoms with Crippen LogP contribution in [0.1, 0.15) is 110 Å². The molecule has 2 aromatic rings. The normalized spacial score (nSPS) is 12.2. The van der Waals surface area contributed by atoms with Gasteiger partial charge in [-0.2, -0.15) is 0 Å². The molecule has 0 fully saturated rings. The number of methoxy groups -OCH3 is 1.